The largest absolute Gasteiger partial charge is 0.398 e. The number of hydrogen-bond acceptors (Lipinski definition) is 7. The molecule has 206 valence electrons. The van der Waals surface area contributed by atoms with E-state index in [1.165, 1.54) is 34.9 Å². The molecule has 1 aliphatic heterocycles. The van der Waals surface area contributed by atoms with Gasteiger partial charge < -0.3 is 15.5 Å². The lowest BCUT2D eigenvalue weighted by molar-refractivity contribution is -0.126. The fourth-order valence-corrected chi connectivity index (χ4v) is 5.07. The van der Waals surface area contributed by atoms with Crippen LogP contribution in [0.4, 0.5) is 20.3 Å². The van der Waals surface area contributed by atoms with Gasteiger partial charge in [-0.05, 0) is 48.7 Å². The van der Waals surface area contributed by atoms with Crippen molar-refractivity contribution in [2.75, 3.05) is 36.8 Å². The molecule has 2 N–H and O–H groups in total. The number of anilines is 2. The number of hydrogen-bond donors (Lipinski definition) is 1. The number of benzene rings is 1. The first kappa shape index (κ1) is 26.9. The van der Waals surface area contributed by atoms with Gasteiger partial charge in [0.2, 0.25) is 5.91 Å². The standard InChI is InChI=1S/C29H29F2N7O2/c1-5-22(39)36-11-13-37(14-12-36)27-18-15-20(31)25(23-19(30)7-6-8-21(23)32)34-28(18)38(29(40)35-27)26-17(4)9-10-33-24(26)16(2)3/h5-10,15-16H,1,11-14,32H2,2-4H3. The van der Waals surface area contributed by atoms with Gasteiger partial charge in [-0.2, -0.15) is 4.98 Å². The van der Waals surface area contributed by atoms with Gasteiger partial charge in [0.1, 0.15) is 17.3 Å². The average molecular weight is 546 g/mol. The number of carbonyl (C=O) groups is 1. The first-order valence-corrected chi connectivity index (χ1v) is 12.9. The molecule has 0 atom stereocenters. The van der Waals surface area contributed by atoms with Gasteiger partial charge >= 0.3 is 5.69 Å². The maximum atomic E-state index is 15.8. The van der Waals surface area contributed by atoms with E-state index in [1.54, 1.807) is 17.2 Å². The quantitative estimate of drug-likeness (QED) is 0.299. The van der Waals surface area contributed by atoms with Gasteiger partial charge in [-0.15, -0.1) is 0 Å². The molecule has 1 saturated heterocycles. The van der Waals surface area contributed by atoms with Crippen molar-refractivity contribution in [2.45, 2.75) is 26.7 Å². The summed E-state index contributed by atoms with van der Waals surface area (Å²) in [4.78, 5) is 42.8. The number of aryl methyl sites for hydroxylation is 1. The Kier molecular flexibility index (Phi) is 7.05. The average Bonchev–Trinajstić information content (AvgIpc) is 2.93. The fourth-order valence-electron chi connectivity index (χ4n) is 5.07. The molecule has 0 bridgehead atoms. The minimum atomic E-state index is -0.815. The summed E-state index contributed by atoms with van der Waals surface area (Å²) >= 11 is 0. The highest BCUT2D eigenvalue weighted by atomic mass is 19.1. The van der Waals surface area contributed by atoms with E-state index in [-0.39, 0.29) is 45.6 Å². The second kappa shape index (κ2) is 10.5. The van der Waals surface area contributed by atoms with Crippen LogP contribution in [-0.4, -0.2) is 56.5 Å². The lowest BCUT2D eigenvalue weighted by Gasteiger charge is -2.35. The molecule has 1 fully saturated rings. The second-order valence-electron chi connectivity index (χ2n) is 9.98. The Morgan fingerprint density at radius 3 is 2.48 bits per heavy atom. The van der Waals surface area contributed by atoms with Crippen molar-refractivity contribution in [3.05, 3.63) is 82.6 Å². The Hall–Kier alpha value is -4.67. The van der Waals surface area contributed by atoms with Crippen LogP contribution in [0.5, 0.6) is 0 Å². The van der Waals surface area contributed by atoms with Crippen LogP contribution in [0.2, 0.25) is 0 Å². The minimum absolute atomic E-state index is 0.0114. The van der Waals surface area contributed by atoms with Crippen LogP contribution in [0.25, 0.3) is 28.0 Å². The SMILES string of the molecule is C=CC(=O)N1CCN(c2nc(=O)n(-c3c(C)ccnc3C(C)C)c3nc(-c4c(N)cccc4F)c(F)cc23)CC1. The number of nitrogens with zero attached hydrogens (tertiary/aromatic N) is 6. The number of halogens is 2. The van der Waals surface area contributed by atoms with Gasteiger partial charge in [0.25, 0.3) is 0 Å². The van der Waals surface area contributed by atoms with Gasteiger partial charge in [-0.25, -0.2) is 23.1 Å². The zero-order valence-electron chi connectivity index (χ0n) is 22.5. The number of aromatic nitrogens is 4. The third-order valence-corrected chi connectivity index (χ3v) is 7.07. The molecular weight excluding hydrogens is 516 g/mol. The first-order chi connectivity index (χ1) is 19.1. The predicted octanol–water partition coefficient (Wildman–Crippen LogP) is 3.97. The van der Waals surface area contributed by atoms with Gasteiger partial charge in [-0.1, -0.05) is 26.5 Å². The van der Waals surface area contributed by atoms with Crippen molar-refractivity contribution in [2.24, 2.45) is 0 Å². The molecule has 0 unspecified atom stereocenters. The molecule has 11 heteroatoms. The first-order valence-electron chi connectivity index (χ1n) is 12.9. The Bertz CT molecular complexity index is 1690. The molecule has 0 spiro atoms. The molecule has 9 nitrogen and oxygen atoms in total. The molecule has 40 heavy (non-hydrogen) atoms. The van der Waals surface area contributed by atoms with Crippen molar-refractivity contribution in [1.82, 2.24) is 24.4 Å². The predicted molar refractivity (Wildman–Crippen MR) is 151 cm³/mol. The van der Waals surface area contributed by atoms with Crippen molar-refractivity contribution in [3.63, 3.8) is 0 Å². The highest BCUT2D eigenvalue weighted by Gasteiger charge is 2.27. The summed E-state index contributed by atoms with van der Waals surface area (Å²) in [6.07, 6.45) is 2.91. The Morgan fingerprint density at radius 1 is 1.10 bits per heavy atom. The topological polar surface area (TPSA) is 110 Å². The number of amides is 1. The van der Waals surface area contributed by atoms with Crippen molar-refractivity contribution in [1.29, 1.82) is 0 Å². The van der Waals surface area contributed by atoms with E-state index in [1.807, 2.05) is 25.7 Å². The van der Waals surface area contributed by atoms with Gasteiger partial charge in [-0.3, -0.25) is 9.78 Å². The summed E-state index contributed by atoms with van der Waals surface area (Å²) in [5.41, 5.74) is 6.86. The van der Waals surface area contributed by atoms with E-state index in [2.05, 4.69) is 21.5 Å². The van der Waals surface area contributed by atoms with Crippen LogP contribution in [0, 0.1) is 18.6 Å². The summed E-state index contributed by atoms with van der Waals surface area (Å²) in [7, 11) is 0. The molecule has 4 aromatic rings. The van der Waals surface area contributed by atoms with E-state index < -0.39 is 17.3 Å². The smallest absolute Gasteiger partial charge is 0.355 e. The highest BCUT2D eigenvalue weighted by molar-refractivity contribution is 5.92. The summed E-state index contributed by atoms with van der Waals surface area (Å²) in [6, 6.07) is 7.04. The maximum absolute atomic E-state index is 15.8. The third kappa shape index (κ3) is 4.57. The second-order valence-corrected chi connectivity index (χ2v) is 9.98. The van der Waals surface area contributed by atoms with Crippen molar-refractivity contribution in [3.8, 4) is 16.9 Å². The van der Waals surface area contributed by atoms with Crippen LogP contribution >= 0.6 is 0 Å². The molecule has 1 amide bonds. The number of pyridine rings is 2. The number of piperazine rings is 1. The lowest BCUT2D eigenvalue weighted by atomic mass is 10.0. The summed E-state index contributed by atoms with van der Waals surface area (Å²) in [6.45, 7) is 10.7. The Labute approximate surface area is 229 Å². The molecular formula is C29H29F2N7O2. The van der Waals surface area contributed by atoms with Crippen LogP contribution in [0.1, 0.15) is 31.0 Å². The van der Waals surface area contributed by atoms with Crippen LogP contribution in [0.15, 0.2) is 54.0 Å². The lowest BCUT2D eigenvalue weighted by Crippen LogP contribution is -2.49. The monoisotopic (exact) mass is 545 g/mol. The molecule has 3 aromatic heterocycles. The van der Waals surface area contributed by atoms with Crippen LogP contribution < -0.4 is 16.3 Å². The molecule has 1 aromatic carbocycles. The summed E-state index contributed by atoms with van der Waals surface area (Å²) in [5, 5.41) is 0.261. The van der Waals surface area contributed by atoms with Crippen molar-refractivity contribution < 1.29 is 13.6 Å². The Morgan fingerprint density at radius 2 is 1.82 bits per heavy atom. The number of carbonyl (C=O) groups excluding carboxylic acids is 1. The number of nitrogens with two attached hydrogens (primary N) is 1. The molecule has 1 aliphatic rings. The zero-order chi connectivity index (χ0) is 28.7. The minimum Gasteiger partial charge on any atom is -0.398 e. The molecule has 4 heterocycles. The van der Waals surface area contributed by atoms with E-state index >= 15 is 4.39 Å². The highest BCUT2D eigenvalue weighted by Crippen LogP contribution is 2.35. The molecule has 5 rings (SSSR count). The number of nitrogen functional groups attached to an aromatic ring is 1. The van der Waals surface area contributed by atoms with E-state index in [9.17, 15) is 14.0 Å². The zero-order valence-corrected chi connectivity index (χ0v) is 22.5. The van der Waals surface area contributed by atoms with Crippen LogP contribution in [0.3, 0.4) is 0 Å². The van der Waals surface area contributed by atoms with Gasteiger partial charge in [0.05, 0.1) is 22.3 Å². The van der Waals surface area contributed by atoms with E-state index in [0.717, 1.165) is 5.56 Å². The number of fused-ring (bicyclic) bond motifs is 1. The van der Waals surface area contributed by atoms with E-state index in [0.29, 0.717) is 37.6 Å². The molecule has 0 saturated carbocycles. The molecule has 0 radical (unpaired) electrons. The van der Waals surface area contributed by atoms with Crippen molar-refractivity contribution >= 4 is 28.4 Å². The summed E-state index contributed by atoms with van der Waals surface area (Å²) in [5.74, 6) is -1.58. The van der Waals surface area contributed by atoms with Gasteiger partial charge in [0.15, 0.2) is 11.5 Å². The maximum Gasteiger partial charge on any atom is 0.355 e. The Balaban J connectivity index is 1.81. The third-order valence-electron chi connectivity index (χ3n) is 7.07. The molecule has 0 aliphatic carbocycles. The normalized spacial score (nSPS) is 13.8. The van der Waals surface area contributed by atoms with E-state index in [4.69, 9.17) is 5.73 Å². The summed E-state index contributed by atoms with van der Waals surface area (Å²) < 4.78 is 32.0. The number of rotatable bonds is 5. The fraction of sp³-hybridized carbons (Fsp3) is 0.276. The van der Waals surface area contributed by atoms with Crippen LogP contribution in [-0.2, 0) is 4.79 Å². The van der Waals surface area contributed by atoms with Gasteiger partial charge in [0, 0.05) is 38.1 Å².